The Morgan fingerprint density at radius 2 is 2.50 bits per heavy atom. The summed E-state index contributed by atoms with van der Waals surface area (Å²) in [7, 11) is 0. The number of aromatic nitrogens is 1. The Morgan fingerprint density at radius 1 is 1.67 bits per heavy atom. The van der Waals surface area contributed by atoms with Gasteiger partial charge < -0.3 is 4.98 Å². The summed E-state index contributed by atoms with van der Waals surface area (Å²) < 4.78 is 0. The number of aromatic amines is 1. The van der Waals surface area contributed by atoms with Crippen LogP contribution in [-0.4, -0.2) is 4.98 Å². The van der Waals surface area contributed by atoms with Gasteiger partial charge in [-0.2, -0.15) is 0 Å². The first kappa shape index (κ1) is 3.68. The van der Waals surface area contributed by atoms with Crippen molar-refractivity contribution in [2.75, 3.05) is 0 Å². The minimum atomic E-state index is 0.870. The van der Waals surface area contributed by atoms with Crippen molar-refractivity contribution >= 4 is 12.6 Å². The number of nitrogens with one attached hydrogen (secondary N) is 1. The van der Waals surface area contributed by atoms with Gasteiger partial charge in [0.25, 0.3) is 0 Å². The van der Waals surface area contributed by atoms with Crippen LogP contribution in [0.25, 0.3) is 0 Å². The van der Waals surface area contributed by atoms with Crippen molar-refractivity contribution in [2.24, 2.45) is 0 Å². The van der Waals surface area contributed by atoms with E-state index in [1.807, 2.05) is 12.3 Å². The fraction of sp³-hybridized carbons (Fsp3) is 0. The Morgan fingerprint density at radius 3 is 2.67 bits per heavy atom. The van der Waals surface area contributed by atoms with Crippen LogP contribution in [0, 0.1) is 0 Å². The standard InChI is InChI=1S/C4H4NS/c6-4-1-2-5-3-4/h1-3,5H. The van der Waals surface area contributed by atoms with Crippen molar-refractivity contribution in [3.8, 4) is 0 Å². The molecule has 0 saturated heterocycles. The topological polar surface area (TPSA) is 15.8 Å². The van der Waals surface area contributed by atoms with Crippen molar-refractivity contribution in [3.63, 3.8) is 0 Å². The van der Waals surface area contributed by atoms with Gasteiger partial charge in [0, 0.05) is 12.4 Å². The number of hydrogen-bond donors (Lipinski definition) is 1. The zero-order chi connectivity index (χ0) is 4.41. The van der Waals surface area contributed by atoms with E-state index in [4.69, 9.17) is 12.6 Å². The summed E-state index contributed by atoms with van der Waals surface area (Å²) in [5.41, 5.74) is 0. The third-order valence-electron chi connectivity index (χ3n) is 0.569. The first-order chi connectivity index (χ1) is 2.89. The van der Waals surface area contributed by atoms with Crippen molar-refractivity contribution in [1.29, 1.82) is 0 Å². The van der Waals surface area contributed by atoms with E-state index in [0.717, 1.165) is 4.90 Å². The average molecular weight is 98.1 g/mol. The van der Waals surface area contributed by atoms with Gasteiger partial charge in [0.1, 0.15) is 0 Å². The van der Waals surface area contributed by atoms with Crippen LogP contribution in [-0.2, 0) is 0 Å². The minimum absolute atomic E-state index is 0.870. The molecule has 31 valence electrons. The number of H-pyrrole nitrogens is 1. The van der Waals surface area contributed by atoms with Crippen molar-refractivity contribution < 1.29 is 0 Å². The predicted molar refractivity (Wildman–Crippen MR) is 26.6 cm³/mol. The van der Waals surface area contributed by atoms with Gasteiger partial charge in [0.2, 0.25) is 0 Å². The molecule has 1 heterocycles. The van der Waals surface area contributed by atoms with Gasteiger partial charge in [0.15, 0.2) is 0 Å². The molecule has 0 aliphatic rings. The van der Waals surface area contributed by atoms with E-state index in [-0.39, 0.29) is 0 Å². The molecule has 2 heteroatoms. The minimum Gasteiger partial charge on any atom is -0.366 e. The Kier molecular flexibility index (Phi) is 0.801. The van der Waals surface area contributed by atoms with Crippen LogP contribution < -0.4 is 0 Å². The zero-order valence-corrected chi connectivity index (χ0v) is 3.96. The van der Waals surface area contributed by atoms with E-state index in [2.05, 4.69) is 4.98 Å². The quantitative estimate of drug-likeness (QED) is 0.507. The maximum atomic E-state index is 4.71. The molecule has 0 unspecified atom stereocenters. The lowest BCUT2D eigenvalue weighted by Crippen LogP contribution is -1.43. The van der Waals surface area contributed by atoms with Crippen LogP contribution in [0.4, 0.5) is 0 Å². The van der Waals surface area contributed by atoms with Gasteiger partial charge >= 0.3 is 0 Å². The molecule has 0 spiro atoms. The molecule has 0 bridgehead atoms. The zero-order valence-electron chi connectivity index (χ0n) is 3.14. The highest BCUT2D eigenvalue weighted by Gasteiger charge is 1.76. The van der Waals surface area contributed by atoms with Gasteiger partial charge in [-0.05, 0) is 6.07 Å². The fourth-order valence-corrected chi connectivity index (χ4v) is 0.445. The molecule has 1 nitrogen and oxygen atoms in total. The molecule has 6 heavy (non-hydrogen) atoms. The molecular formula is C4H4NS. The van der Waals surface area contributed by atoms with E-state index in [1.165, 1.54) is 0 Å². The second-order valence-corrected chi connectivity index (χ2v) is 1.52. The Bertz CT molecular complexity index is 111. The molecular weight excluding hydrogens is 94.1 g/mol. The molecule has 0 aromatic carbocycles. The average Bonchev–Trinajstić information content (AvgIpc) is 1.86. The van der Waals surface area contributed by atoms with Crippen LogP contribution in [0.5, 0.6) is 0 Å². The first-order valence-electron chi connectivity index (χ1n) is 1.69. The summed E-state index contributed by atoms with van der Waals surface area (Å²) in [6.45, 7) is 0. The Balaban J connectivity index is 3.05. The highest BCUT2D eigenvalue weighted by atomic mass is 32.1. The summed E-state index contributed by atoms with van der Waals surface area (Å²) in [4.78, 5) is 3.70. The predicted octanol–water partition coefficient (Wildman–Crippen LogP) is 1.57. The second kappa shape index (κ2) is 1.30. The molecule has 1 rings (SSSR count). The fourth-order valence-electron chi connectivity index (χ4n) is 0.309. The Hall–Kier alpha value is -0.500. The van der Waals surface area contributed by atoms with Gasteiger partial charge in [-0.1, -0.05) is 12.6 Å². The second-order valence-electron chi connectivity index (χ2n) is 1.05. The molecule has 0 amide bonds. The van der Waals surface area contributed by atoms with Gasteiger partial charge in [-0.15, -0.1) is 0 Å². The van der Waals surface area contributed by atoms with E-state index in [1.54, 1.807) is 6.20 Å². The smallest absolute Gasteiger partial charge is 0.0551 e. The van der Waals surface area contributed by atoms with Crippen molar-refractivity contribution in [2.45, 2.75) is 4.90 Å². The first-order valence-corrected chi connectivity index (χ1v) is 2.10. The molecule has 1 N–H and O–H groups in total. The molecule has 0 aliphatic heterocycles. The van der Waals surface area contributed by atoms with E-state index in [0.29, 0.717) is 0 Å². The van der Waals surface area contributed by atoms with Crippen LogP contribution >= 0.6 is 12.6 Å². The largest absolute Gasteiger partial charge is 0.366 e. The molecule has 1 radical (unpaired) electrons. The number of rotatable bonds is 0. The molecule has 0 aliphatic carbocycles. The highest BCUT2D eigenvalue weighted by Crippen LogP contribution is 1.98. The maximum Gasteiger partial charge on any atom is 0.0551 e. The SMILES string of the molecule is [S]c1cc[nH]c1. The summed E-state index contributed by atoms with van der Waals surface area (Å²) in [6.07, 6.45) is 3.58. The van der Waals surface area contributed by atoms with Gasteiger partial charge in [0.05, 0.1) is 4.90 Å². The van der Waals surface area contributed by atoms with E-state index in [9.17, 15) is 0 Å². The molecule has 0 fully saturated rings. The molecule has 0 saturated carbocycles. The van der Waals surface area contributed by atoms with Gasteiger partial charge in [-0.3, -0.25) is 0 Å². The summed E-state index contributed by atoms with van der Waals surface area (Å²) >= 11 is 4.71. The molecule has 0 atom stereocenters. The van der Waals surface area contributed by atoms with Gasteiger partial charge in [-0.25, -0.2) is 0 Å². The van der Waals surface area contributed by atoms with Crippen molar-refractivity contribution in [3.05, 3.63) is 18.5 Å². The third-order valence-corrected chi connectivity index (χ3v) is 0.823. The van der Waals surface area contributed by atoms with Crippen molar-refractivity contribution in [1.82, 2.24) is 4.98 Å². The Labute approximate surface area is 41.8 Å². The lowest BCUT2D eigenvalue weighted by atomic mass is 10.7. The molecule has 1 aromatic heterocycles. The third kappa shape index (κ3) is 0.518. The lowest BCUT2D eigenvalue weighted by molar-refractivity contribution is 1.38. The van der Waals surface area contributed by atoms with Crippen LogP contribution in [0.1, 0.15) is 0 Å². The molecule has 1 aromatic rings. The van der Waals surface area contributed by atoms with E-state index >= 15 is 0 Å². The maximum absolute atomic E-state index is 4.71. The summed E-state index contributed by atoms with van der Waals surface area (Å²) in [6, 6.07) is 1.84. The van der Waals surface area contributed by atoms with Crippen LogP contribution in [0.3, 0.4) is 0 Å². The normalized spacial score (nSPS) is 8.67. The van der Waals surface area contributed by atoms with Crippen LogP contribution in [0.15, 0.2) is 23.4 Å². The van der Waals surface area contributed by atoms with Crippen LogP contribution in [0.2, 0.25) is 0 Å². The monoisotopic (exact) mass is 98.0 g/mol. The lowest BCUT2D eigenvalue weighted by Gasteiger charge is -1.62. The highest BCUT2D eigenvalue weighted by molar-refractivity contribution is 7.80. The summed E-state index contributed by atoms with van der Waals surface area (Å²) in [5.74, 6) is 0. The van der Waals surface area contributed by atoms with E-state index < -0.39 is 0 Å². The summed E-state index contributed by atoms with van der Waals surface area (Å²) in [5, 5.41) is 0. The number of hydrogen-bond acceptors (Lipinski definition) is 0.